The summed E-state index contributed by atoms with van der Waals surface area (Å²) in [6.07, 6.45) is -0.131. The average molecular weight is 342 g/mol. The first-order valence-corrected chi connectivity index (χ1v) is 7.61. The molecular formula is C16H24ClN3O3. The third-order valence-electron chi connectivity index (χ3n) is 3.62. The number of carbonyl (C=O) groups excluding carboxylic acids is 2. The first-order valence-electron chi connectivity index (χ1n) is 7.61. The maximum atomic E-state index is 12.1. The standard InChI is InChI=1S/C16H23N3O3.ClH/c1-3-17-15(20)13-6-4-12(5-7-13)10-19-16(21)14-11(2)22-9-8-18-14;/h4-7,11,14,18H,3,8-10H2,1-2H3,(H,17,20)(H,19,21);1H/t11-,14+;/m1./s1. The average Bonchev–Trinajstić information content (AvgIpc) is 2.54. The Hall–Kier alpha value is -1.63. The van der Waals surface area contributed by atoms with Crippen LogP contribution < -0.4 is 16.0 Å². The number of amides is 2. The van der Waals surface area contributed by atoms with Crippen LogP contribution in [0.5, 0.6) is 0 Å². The van der Waals surface area contributed by atoms with Gasteiger partial charge in [0.1, 0.15) is 6.04 Å². The van der Waals surface area contributed by atoms with Crippen LogP contribution >= 0.6 is 12.4 Å². The highest BCUT2D eigenvalue weighted by Crippen LogP contribution is 2.07. The van der Waals surface area contributed by atoms with Crippen LogP contribution in [-0.2, 0) is 16.1 Å². The second-order valence-electron chi connectivity index (χ2n) is 5.28. The molecule has 23 heavy (non-hydrogen) atoms. The van der Waals surface area contributed by atoms with Crippen molar-refractivity contribution in [2.45, 2.75) is 32.5 Å². The van der Waals surface area contributed by atoms with Gasteiger partial charge in [-0.15, -0.1) is 12.4 Å². The van der Waals surface area contributed by atoms with Crippen molar-refractivity contribution in [3.05, 3.63) is 35.4 Å². The molecule has 1 saturated heterocycles. The molecule has 2 amide bonds. The number of benzene rings is 1. The van der Waals surface area contributed by atoms with Gasteiger partial charge in [-0.3, -0.25) is 9.59 Å². The van der Waals surface area contributed by atoms with E-state index in [4.69, 9.17) is 4.74 Å². The Kier molecular flexibility index (Phi) is 8.02. The molecule has 1 aliphatic heterocycles. The van der Waals surface area contributed by atoms with Gasteiger partial charge in [-0.05, 0) is 31.5 Å². The van der Waals surface area contributed by atoms with Gasteiger partial charge >= 0.3 is 0 Å². The number of halogens is 1. The first kappa shape index (κ1) is 19.4. The van der Waals surface area contributed by atoms with E-state index in [1.54, 1.807) is 12.1 Å². The summed E-state index contributed by atoms with van der Waals surface area (Å²) in [7, 11) is 0. The third-order valence-corrected chi connectivity index (χ3v) is 3.62. The fourth-order valence-electron chi connectivity index (χ4n) is 2.36. The van der Waals surface area contributed by atoms with Crippen molar-refractivity contribution in [3.8, 4) is 0 Å². The van der Waals surface area contributed by atoms with E-state index in [1.807, 2.05) is 26.0 Å². The van der Waals surface area contributed by atoms with Gasteiger partial charge in [0.05, 0.1) is 12.7 Å². The van der Waals surface area contributed by atoms with Crippen molar-refractivity contribution >= 4 is 24.2 Å². The molecule has 2 atom stereocenters. The summed E-state index contributed by atoms with van der Waals surface area (Å²) in [6, 6.07) is 6.90. The molecule has 1 heterocycles. The Morgan fingerprint density at radius 3 is 2.57 bits per heavy atom. The molecule has 0 saturated carbocycles. The number of hydrogen-bond donors (Lipinski definition) is 3. The molecule has 1 aliphatic rings. The van der Waals surface area contributed by atoms with Crippen molar-refractivity contribution in [1.29, 1.82) is 0 Å². The van der Waals surface area contributed by atoms with E-state index in [-0.39, 0.29) is 36.4 Å². The van der Waals surface area contributed by atoms with E-state index in [0.29, 0.717) is 31.8 Å². The van der Waals surface area contributed by atoms with Crippen LogP contribution in [0, 0.1) is 0 Å². The largest absolute Gasteiger partial charge is 0.375 e. The zero-order chi connectivity index (χ0) is 15.9. The number of nitrogens with one attached hydrogen (secondary N) is 3. The summed E-state index contributed by atoms with van der Waals surface area (Å²) in [5.74, 6) is -0.157. The van der Waals surface area contributed by atoms with Gasteiger partial charge < -0.3 is 20.7 Å². The van der Waals surface area contributed by atoms with Crippen molar-refractivity contribution in [3.63, 3.8) is 0 Å². The Labute approximate surface area is 142 Å². The zero-order valence-electron chi connectivity index (χ0n) is 13.4. The molecule has 0 bridgehead atoms. The highest BCUT2D eigenvalue weighted by atomic mass is 35.5. The Balaban J connectivity index is 0.00000264. The van der Waals surface area contributed by atoms with Crippen LogP contribution in [-0.4, -0.2) is 43.7 Å². The van der Waals surface area contributed by atoms with Crippen LogP contribution in [0.15, 0.2) is 24.3 Å². The van der Waals surface area contributed by atoms with E-state index >= 15 is 0 Å². The summed E-state index contributed by atoms with van der Waals surface area (Å²) in [4.78, 5) is 23.8. The zero-order valence-corrected chi connectivity index (χ0v) is 14.2. The highest BCUT2D eigenvalue weighted by molar-refractivity contribution is 5.94. The maximum absolute atomic E-state index is 12.1. The normalized spacial score (nSPS) is 20.3. The lowest BCUT2D eigenvalue weighted by Crippen LogP contribution is -2.55. The second kappa shape index (κ2) is 9.50. The van der Waals surface area contributed by atoms with Gasteiger partial charge in [0.2, 0.25) is 5.91 Å². The van der Waals surface area contributed by atoms with Gasteiger partial charge in [0, 0.05) is 25.2 Å². The number of ether oxygens (including phenoxy) is 1. The Morgan fingerprint density at radius 2 is 1.96 bits per heavy atom. The van der Waals surface area contributed by atoms with Gasteiger partial charge in [-0.25, -0.2) is 0 Å². The first-order chi connectivity index (χ1) is 10.6. The Bertz CT molecular complexity index is 522. The lowest BCUT2D eigenvalue weighted by molar-refractivity contribution is -0.129. The number of hydrogen-bond acceptors (Lipinski definition) is 4. The summed E-state index contributed by atoms with van der Waals surface area (Å²) in [6.45, 7) is 6.12. The van der Waals surface area contributed by atoms with Crippen LogP contribution in [0.25, 0.3) is 0 Å². The van der Waals surface area contributed by atoms with Crippen molar-refractivity contribution in [2.75, 3.05) is 19.7 Å². The van der Waals surface area contributed by atoms with E-state index in [1.165, 1.54) is 0 Å². The molecule has 0 aromatic heterocycles. The fraction of sp³-hybridized carbons (Fsp3) is 0.500. The predicted octanol–water partition coefficient (Wildman–Crippen LogP) is 0.851. The number of rotatable bonds is 5. The molecule has 1 fully saturated rings. The van der Waals surface area contributed by atoms with Gasteiger partial charge in [-0.1, -0.05) is 12.1 Å². The lowest BCUT2D eigenvalue weighted by atomic mass is 10.1. The molecule has 1 aromatic carbocycles. The van der Waals surface area contributed by atoms with Crippen molar-refractivity contribution in [2.24, 2.45) is 0 Å². The van der Waals surface area contributed by atoms with Gasteiger partial charge in [0.25, 0.3) is 5.91 Å². The van der Waals surface area contributed by atoms with Crippen LogP contribution in [0.3, 0.4) is 0 Å². The molecule has 0 radical (unpaired) electrons. The topological polar surface area (TPSA) is 79.5 Å². The molecule has 6 nitrogen and oxygen atoms in total. The van der Waals surface area contributed by atoms with Crippen LogP contribution in [0.4, 0.5) is 0 Å². The van der Waals surface area contributed by atoms with E-state index in [2.05, 4.69) is 16.0 Å². The molecule has 0 unspecified atom stereocenters. The minimum absolute atomic E-state index is 0. The molecule has 3 N–H and O–H groups in total. The Morgan fingerprint density at radius 1 is 1.26 bits per heavy atom. The SMILES string of the molecule is CCNC(=O)c1ccc(CNC(=O)[C@H]2NCCO[C@@H]2C)cc1.Cl. The molecule has 0 spiro atoms. The van der Waals surface area contributed by atoms with E-state index in [9.17, 15) is 9.59 Å². The molecule has 0 aliphatic carbocycles. The summed E-state index contributed by atoms with van der Waals surface area (Å²) < 4.78 is 5.46. The molecule has 128 valence electrons. The highest BCUT2D eigenvalue weighted by Gasteiger charge is 2.27. The molecular weight excluding hydrogens is 318 g/mol. The van der Waals surface area contributed by atoms with E-state index < -0.39 is 0 Å². The summed E-state index contributed by atoms with van der Waals surface area (Å²) in [5, 5.41) is 8.79. The van der Waals surface area contributed by atoms with E-state index in [0.717, 1.165) is 5.56 Å². The minimum atomic E-state index is -0.316. The van der Waals surface area contributed by atoms with Crippen LogP contribution in [0.2, 0.25) is 0 Å². The number of carbonyl (C=O) groups is 2. The molecule has 2 rings (SSSR count). The molecule has 1 aromatic rings. The van der Waals surface area contributed by atoms with Crippen molar-refractivity contribution in [1.82, 2.24) is 16.0 Å². The summed E-state index contributed by atoms with van der Waals surface area (Å²) in [5.41, 5.74) is 1.57. The lowest BCUT2D eigenvalue weighted by Gasteiger charge is -2.29. The summed E-state index contributed by atoms with van der Waals surface area (Å²) >= 11 is 0. The second-order valence-corrected chi connectivity index (χ2v) is 5.28. The third kappa shape index (κ3) is 5.49. The van der Waals surface area contributed by atoms with Crippen molar-refractivity contribution < 1.29 is 14.3 Å². The fourth-order valence-corrected chi connectivity index (χ4v) is 2.36. The monoisotopic (exact) mass is 341 g/mol. The quantitative estimate of drug-likeness (QED) is 0.742. The molecule has 7 heteroatoms. The van der Waals surface area contributed by atoms with Gasteiger partial charge in [-0.2, -0.15) is 0 Å². The predicted molar refractivity (Wildman–Crippen MR) is 90.7 cm³/mol. The van der Waals surface area contributed by atoms with Crippen LogP contribution in [0.1, 0.15) is 29.8 Å². The minimum Gasteiger partial charge on any atom is -0.375 e. The number of morpholine rings is 1. The smallest absolute Gasteiger partial charge is 0.251 e. The van der Waals surface area contributed by atoms with Gasteiger partial charge in [0.15, 0.2) is 0 Å². The maximum Gasteiger partial charge on any atom is 0.251 e.